The van der Waals surface area contributed by atoms with Crippen molar-refractivity contribution >= 4 is 22.7 Å². The van der Waals surface area contributed by atoms with E-state index in [0.29, 0.717) is 28.3 Å². The third-order valence-electron chi connectivity index (χ3n) is 3.42. The number of benzene rings is 1. The van der Waals surface area contributed by atoms with E-state index in [0.717, 1.165) is 11.1 Å². The van der Waals surface area contributed by atoms with Gasteiger partial charge in [-0.3, -0.25) is 0 Å². The first-order valence-corrected chi connectivity index (χ1v) is 6.95. The van der Waals surface area contributed by atoms with Gasteiger partial charge in [-0.2, -0.15) is 13.2 Å². The fraction of sp³-hybridized carbons (Fsp3) is 0.357. The van der Waals surface area contributed by atoms with Crippen LogP contribution in [-0.2, 0) is 6.42 Å². The van der Waals surface area contributed by atoms with Gasteiger partial charge >= 0.3 is 11.8 Å². The van der Waals surface area contributed by atoms with E-state index >= 15 is 0 Å². The largest absolute Gasteiger partial charge is 0.422 e. The van der Waals surface area contributed by atoms with E-state index in [1.807, 2.05) is 19.9 Å². The molecule has 0 N–H and O–H groups in total. The Balaban J connectivity index is 2.28. The number of hydrogen-bond donors (Lipinski definition) is 0. The minimum atomic E-state index is -4.32. The van der Waals surface area contributed by atoms with Crippen LogP contribution in [0, 0.1) is 13.8 Å². The van der Waals surface area contributed by atoms with Gasteiger partial charge in [-0.05, 0) is 43.0 Å². The van der Waals surface area contributed by atoms with E-state index in [2.05, 4.69) is 0 Å². The number of alkyl halides is 3. The molecule has 1 aliphatic rings. The number of aryl methyl sites for hydroxylation is 2. The Morgan fingerprint density at radius 3 is 2.65 bits per heavy atom. The summed E-state index contributed by atoms with van der Waals surface area (Å²) in [5.74, 6) is 0. The molecule has 1 aromatic carbocycles. The van der Waals surface area contributed by atoms with E-state index in [-0.39, 0.29) is 11.3 Å². The molecule has 2 heterocycles. The molecule has 0 bridgehead atoms. The molecule has 0 spiro atoms. The fourth-order valence-electron chi connectivity index (χ4n) is 2.64. The van der Waals surface area contributed by atoms with Crippen molar-refractivity contribution in [2.75, 3.05) is 0 Å². The van der Waals surface area contributed by atoms with Crippen molar-refractivity contribution in [1.82, 2.24) is 0 Å². The molecule has 0 amide bonds. The first kappa shape index (κ1) is 13.5. The second-order valence-electron chi connectivity index (χ2n) is 5.00. The number of hydrogen-bond acceptors (Lipinski definition) is 3. The Morgan fingerprint density at radius 2 is 2.00 bits per heavy atom. The van der Waals surface area contributed by atoms with Crippen molar-refractivity contribution in [3.63, 3.8) is 0 Å². The third-order valence-corrected chi connectivity index (χ3v) is 4.79. The maximum Gasteiger partial charge on any atom is 0.401 e. The smallest absolute Gasteiger partial charge is 0.401 e. The summed E-state index contributed by atoms with van der Waals surface area (Å²) >= 11 is 0.566. The third kappa shape index (κ3) is 2.02. The summed E-state index contributed by atoms with van der Waals surface area (Å²) < 4.78 is 43.8. The summed E-state index contributed by atoms with van der Waals surface area (Å²) in [6, 6.07) is 3.57. The van der Waals surface area contributed by atoms with Crippen LogP contribution in [0.5, 0.6) is 0 Å². The summed E-state index contributed by atoms with van der Waals surface area (Å²) in [5, 5.41) is -0.920. The normalized spacial score (nSPS) is 18.6. The van der Waals surface area contributed by atoms with Gasteiger partial charge < -0.3 is 4.42 Å². The Kier molecular flexibility index (Phi) is 2.90. The fourth-order valence-corrected chi connectivity index (χ4v) is 3.78. The predicted molar refractivity (Wildman–Crippen MR) is 71.4 cm³/mol. The van der Waals surface area contributed by atoms with Crippen LogP contribution in [0.15, 0.2) is 26.2 Å². The Bertz CT molecular complexity index is 762. The topological polar surface area (TPSA) is 30.2 Å². The number of halogens is 3. The van der Waals surface area contributed by atoms with Gasteiger partial charge in [0.1, 0.15) is 10.8 Å². The van der Waals surface area contributed by atoms with Gasteiger partial charge in [0.15, 0.2) is 0 Å². The second-order valence-corrected chi connectivity index (χ2v) is 6.22. The molecule has 2 aromatic rings. The molecule has 1 atom stereocenters. The van der Waals surface area contributed by atoms with Gasteiger partial charge in [0, 0.05) is 5.39 Å². The first-order chi connectivity index (χ1) is 9.27. The maximum atomic E-state index is 12.9. The van der Waals surface area contributed by atoms with Gasteiger partial charge in [-0.1, -0.05) is 6.07 Å². The molecular formula is C14H11F3O2S. The number of rotatable bonds is 0. The van der Waals surface area contributed by atoms with Gasteiger partial charge in [0.05, 0.1) is 4.90 Å². The predicted octanol–water partition coefficient (Wildman–Crippen LogP) is 3.99. The second kappa shape index (κ2) is 4.28. The Morgan fingerprint density at radius 1 is 1.30 bits per heavy atom. The highest BCUT2D eigenvalue weighted by Gasteiger charge is 2.45. The van der Waals surface area contributed by atoms with E-state index < -0.39 is 17.1 Å². The van der Waals surface area contributed by atoms with Crippen LogP contribution >= 0.6 is 11.8 Å². The van der Waals surface area contributed by atoms with Crippen LogP contribution < -0.4 is 5.63 Å². The minimum absolute atomic E-state index is 0.103. The van der Waals surface area contributed by atoms with Crippen LogP contribution in [0.1, 0.15) is 16.7 Å². The molecule has 3 rings (SSSR count). The highest BCUT2D eigenvalue weighted by Crippen LogP contribution is 2.45. The van der Waals surface area contributed by atoms with E-state index in [9.17, 15) is 18.0 Å². The molecule has 0 fully saturated rings. The summed E-state index contributed by atoms with van der Waals surface area (Å²) in [7, 11) is 0. The lowest BCUT2D eigenvalue weighted by molar-refractivity contribution is -0.127. The van der Waals surface area contributed by atoms with Crippen molar-refractivity contribution < 1.29 is 17.6 Å². The standard InChI is InChI=1S/C14H11F3O2S/c1-6-3-7(2)11-8-5-10(14(15,16)17)20-12(8)13(18)19-9(11)4-6/h3-4,10H,5H2,1-2H3/t10-/m1/s1. The highest BCUT2D eigenvalue weighted by molar-refractivity contribution is 8.00. The quantitative estimate of drug-likeness (QED) is 0.689. The lowest BCUT2D eigenvalue weighted by Crippen LogP contribution is -2.24. The van der Waals surface area contributed by atoms with Crippen molar-refractivity contribution in [3.8, 4) is 0 Å². The molecule has 1 aromatic heterocycles. The molecule has 2 nitrogen and oxygen atoms in total. The highest BCUT2D eigenvalue weighted by atomic mass is 32.2. The molecule has 0 radical (unpaired) electrons. The maximum absolute atomic E-state index is 12.9. The molecule has 0 aliphatic carbocycles. The van der Waals surface area contributed by atoms with Gasteiger partial charge in [-0.25, -0.2) is 4.79 Å². The first-order valence-electron chi connectivity index (χ1n) is 6.07. The molecule has 0 saturated carbocycles. The van der Waals surface area contributed by atoms with E-state index in [4.69, 9.17) is 4.42 Å². The Labute approximate surface area is 117 Å². The Hall–Kier alpha value is -1.43. The molecule has 20 heavy (non-hydrogen) atoms. The average molecular weight is 300 g/mol. The van der Waals surface area contributed by atoms with Gasteiger partial charge in [0.2, 0.25) is 0 Å². The molecular weight excluding hydrogens is 289 g/mol. The number of fused-ring (bicyclic) bond motifs is 3. The van der Waals surface area contributed by atoms with Crippen LogP contribution in [0.4, 0.5) is 13.2 Å². The molecule has 106 valence electrons. The van der Waals surface area contributed by atoms with E-state index in [1.165, 1.54) is 0 Å². The van der Waals surface area contributed by atoms with Crippen LogP contribution in [-0.4, -0.2) is 11.4 Å². The summed E-state index contributed by atoms with van der Waals surface area (Å²) in [6.45, 7) is 3.67. The van der Waals surface area contributed by atoms with Crippen molar-refractivity contribution in [3.05, 3.63) is 39.2 Å². The van der Waals surface area contributed by atoms with Crippen LogP contribution in [0.3, 0.4) is 0 Å². The van der Waals surface area contributed by atoms with Gasteiger partial charge in [0.25, 0.3) is 0 Å². The average Bonchev–Trinajstić information content (AvgIpc) is 2.72. The molecule has 0 unspecified atom stereocenters. The van der Waals surface area contributed by atoms with Gasteiger partial charge in [-0.15, -0.1) is 11.8 Å². The lowest BCUT2D eigenvalue weighted by Gasteiger charge is -2.12. The molecule has 6 heteroatoms. The number of thioether (sulfide) groups is 1. The lowest BCUT2D eigenvalue weighted by atomic mass is 9.99. The summed E-state index contributed by atoms with van der Waals surface area (Å²) in [5.41, 5.74) is 1.92. The van der Waals surface area contributed by atoms with Crippen molar-refractivity contribution in [2.24, 2.45) is 0 Å². The monoisotopic (exact) mass is 300 g/mol. The van der Waals surface area contributed by atoms with Crippen molar-refractivity contribution in [1.29, 1.82) is 0 Å². The molecule has 1 aliphatic heterocycles. The summed E-state index contributed by atoms with van der Waals surface area (Å²) in [6.07, 6.45) is -4.49. The van der Waals surface area contributed by atoms with Crippen molar-refractivity contribution in [2.45, 2.75) is 36.6 Å². The van der Waals surface area contributed by atoms with E-state index in [1.54, 1.807) is 6.07 Å². The SMILES string of the molecule is Cc1cc(C)c2c3c(c(=O)oc2c1)S[C@@H](C(F)(F)F)C3. The minimum Gasteiger partial charge on any atom is -0.422 e. The molecule has 0 saturated heterocycles. The summed E-state index contributed by atoms with van der Waals surface area (Å²) in [4.78, 5) is 12.0. The van der Waals surface area contributed by atoms with Crippen LogP contribution in [0.2, 0.25) is 0 Å². The zero-order valence-electron chi connectivity index (χ0n) is 10.8. The van der Waals surface area contributed by atoms with Crippen LogP contribution in [0.25, 0.3) is 11.0 Å². The zero-order valence-corrected chi connectivity index (χ0v) is 11.6. The zero-order chi connectivity index (χ0) is 14.7.